The number of carbonyl (C=O) groups excluding carboxylic acids is 2. The summed E-state index contributed by atoms with van der Waals surface area (Å²) in [4.78, 5) is 28.1. The number of nitrogens with zero attached hydrogens (tertiary/aromatic N) is 1. The molecule has 3 aromatic rings. The van der Waals surface area contributed by atoms with Crippen LogP contribution < -0.4 is 14.8 Å². The Labute approximate surface area is 172 Å². The lowest BCUT2D eigenvalue weighted by molar-refractivity contribution is -0.121. The third kappa shape index (κ3) is 3.53. The summed E-state index contributed by atoms with van der Waals surface area (Å²) < 4.78 is 11.8. The van der Waals surface area contributed by atoms with E-state index < -0.39 is 0 Å². The first-order chi connectivity index (χ1) is 14.2. The summed E-state index contributed by atoms with van der Waals surface area (Å²) >= 11 is 1.53. The molecular weight excluding hydrogens is 388 g/mol. The Hall–Kier alpha value is -3.06. The molecule has 0 spiro atoms. The number of piperidine rings is 1. The van der Waals surface area contributed by atoms with Gasteiger partial charge in [-0.3, -0.25) is 9.59 Å². The van der Waals surface area contributed by atoms with Crippen LogP contribution in [0.5, 0.6) is 11.5 Å². The highest BCUT2D eigenvalue weighted by Crippen LogP contribution is 2.34. The van der Waals surface area contributed by atoms with E-state index in [4.69, 9.17) is 9.47 Å². The second-order valence-corrected chi connectivity index (χ2v) is 8.36. The molecule has 2 aliphatic rings. The molecule has 2 aromatic carbocycles. The second kappa shape index (κ2) is 7.40. The van der Waals surface area contributed by atoms with Gasteiger partial charge < -0.3 is 19.7 Å². The van der Waals surface area contributed by atoms with Gasteiger partial charge in [0.15, 0.2) is 11.5 Å². The van der Waals surface area contributed by atoms with Crippen LogP contribution in [-0.2, 0) is 4.79 Å². The number of hydrogen-bond acceptors (Lipinski definition) is 5. The van der Waals surface area contributed by atoms with Crippen LogP contribution >= 0.6 is 11.3 Å². The van der Waals surface area contributed by atoms with E-state index in [-0.39, 0.29) is 24.5 Å². The Balaban J connectivity index is 1.19. The van der Waals surface area contributed by atoms with Gasteiger partial charge in [0, 0.05) is 35.5 Å². The minimum Gasteiger partial charge on any atom is -0.454 e. The van der Waals surface area contributed by atoms with Gasteiger partial charge in [0.05, 0.1) is 4.88 Å². The van der Waals surface area contributed by atoms with Crippen LogP contribution in [0, 0.1) is 5.92 Å². The first-order valence-electron chi connectivity index (χ1n) is 9.66. The molecule has 0 saturated carbocycles. The number of thiophene rings is 1. The molecule has 2 aliphatic heterocycles. The lowest BCUT2D eigenvalue weighted by atomic mass is 9.95. The number of carbonyl (C=O) groups is 2. The van der Waals surface area contributed by atoms with Gasteiger partial charge in [0.2, 0.25) is 12.7 Å². The molecule has 1 aromatic heterocycles. The Morgan fingerprint density at radius 1 is 1.00 bits per heavy atom. The zero-order valence-electron chi connectivity index (χ0n) is 15.7. The minimum absolute atomic E-state index is 0.0159. The van der Waals surface area contributed by atoms with Crippen molar-refractivity contribution in [3.8, 4) is 11.5 Å². The highest BCUT2D eigenvalue weighted by molar-refractivity contribution is 7.20. The van der Waals surface area contributed by atoms with Crippen LogP contribution in [0.1, 0.15) is 22.5 Å². The maximum atomic E-state index is 12.9. The molecule has 1 N–H and O–H groups in total. The molecular formula is C22H20N2O4S. The molecule has 148 valence electrons. The summed E-state index contributed by atoms with van der Waals surface area (Å²) in [5, 5.41) is 4.06. The second-order valence-electron chi connectivity index (χ2n) is 7.27. The molecule has 2 amide bonds. The summed E-state index contributed by atoms with van der Waals surface area (Å²) in [5.41, 5.74) is 0.697. The fraction of sp³-hybridized carbons (Fsp3) is 0.273. The van der Waals surface area contributed by atoms with Gasteiger partial charge in [-0.15, -0.1) is 11.3 Å². The average Bonchev–Trinajstić information content (AvgIpc) is 3.39. The Morgan fingerprint density at radius 2 is 1.79 bits per heavy atom. The molecule has 0 aliphatic carbocycles. The van der Waals surface area contributed by atoms with E-state index in [2.05, 4.69) is 5.32 Å². The number of benzene rings is 2. The highest BCUT2D eigenvalue weighted by Gasteiger charge is 2.29. The molecule has 0 bridgehead atoms. The van der Waals surface area contributed by atoms with Crippen molar-refractivity contribution in [2.45, 2.75) is 12.8 Å². The summed E-state index contributed by atoms with van der Waals surface area (Å²) in [5.74, 6) is 1.27. The Bertz CT molecular complexity index is 1050. The van der Waals surface area contributed by atoms with Crippen molar-refractivity contribution in [1.82, 2.24) is 4.90 Å². The van der Waals surface area contributed by atoms with Crippen LogP contribution in [0.3, 0.4) is 0 Å². The van der Waals surface area contributed by atoms with E-state index in [0.29, 0.717) is 43.1 Å². The highest BCUT2D eigenvalue weighted by atomic mass is 32.1. The zero-order chi connectivity index (χ0) is 19.8. The number of anilines is 1. The standard InChI is InChI=1S/C22H20N2O4S/c25-21(23-16-5-6-17-18(12-16)28-13-27-17)14-7-9-24(10-8-14)22(26)20-11-15-3-1-2-4-19(15)29-20/h1-6,11-12,14H,7-10,13H2,(H,23,25). The SMILES string of the molecule is O=C(Nc1ccc2c(c1)OCO2)C1CCN(C(=O)c2cc3ccccc3s2)CC1. The van der Waals surface area contributed by atoms with Crippen molar-refractivity contribution < 1.29 is 19.1 Å². The molecule has 0 atom stereocenters. The van der Waals surface area contributed by atoms with Crippen molar-refractivity contribution in [3.05, 3.63) is 53.4 Å². The molecule has 6 nitrogen and oxygen atoms in total. The topological polar surface area (TPSA) is 67.9 Å². The van der Waals surface area contributed by atoms with Crippen LogP contribution in [0.4, 0.5) is 5.69 Å². The van der Waals surface area contributed by atoms with Crippen molar-refractivity contribution in [2.24, 2.45) is 5.92 Å². The van der Waals surface area contributed by atoms with Crippen molar-refractivity contribution in [1.29, 1.82) is 0 Å². The summed E-state index contributed by atoms with van der Waals surface area (Å²) in [6.45, 7) is 1.39. The van der Waals surface area contributed by atoms with Gasteiger partial charge in [-0.25, -0.2) is 0 Å². The van der Waals surface area contributed by atoms with E-state index in [1.54, 1.807) is 12.1 Å². The molecule has 5 rings (SSSR count). The monoisotopic (exact) mass is 408 g/mol. The third-order valence-electron chi connectivity index (χ3n) is 5.43. The quantitative estimate of drug-likeness (QED) is 0.708. The fourth-order valence-corrected chi connectivity index (χ4v) is 4.84. The maximum absolute atomic E-state index is 12.9. The van der Waals surface area contributed by atoms with Crippen LogP contribution in [0.15, 0.2) is 48.5 Å². The van der Waals surface area contributed by atoms with Crippen LogP contribution in [-0.4, -0.2) is 36.6 Å². The number of hydrogen-bond donors (Lipinski definition) is 1. The Morgan fingerprint density at radius 3 is 2.62 bits per heavy atom. The van der Waals surface area contributed by atoms with Crippen molar-refractivity contribution in [3.63, 3.8) is 0 Å². The number of likely N-dealkylation sites (tertiary alicyclic amines) is 1. The van der Waals surface area contributed by atoms with E-state index in [1.165, 1.54) is 11.3 Å². The fourth-order valence-electron chi connectivity index (χ4n) is 3.81. The van der Waals surface area contributed by atoms with Gasteiger partial charge >= 0.3 is 0 Å². The number of amides is 2. The van der Waals surface area contributed by atoms with E-state index in [1.807, 2.05) is 41.3 Å². The summed E-state index contributed by atoms with van der Waals surface area (Å²) in [6.07, 6.45) is 1.32. The number of ether oxygens (including phenoxy) is 2. The predicted octanol–water partition coefficient (Wildman–Crippen LogP) is 4.12. The van der Waals surface area contributed by atoms with Gasteiger partial charge in [-0.2, -0.15) is 0 Å². The molecule has 0 unspecified atom stereocenters. The van der Waals surface area contributed by atoms with Crippen molar-refractivity contribution in [2.75, 3.05) is 25.2 Å². The lowest BCUT2D eigenvalue weighted by Crippen LogP contribution is -2.41. The predicted molar refractivity (Wildman–Crippen MR) is 112 cm³/mol. The van der Waals surface area contributed by atoms with Crippen LogP contribution in [0.2, 0.25) is 0 Å². The number of fused-ring (bicyclic) bond motifs is 2. The minimum atomic E-state index is -0.105. The van der Waals surface area contributed by atoms with Gasteiger partial charge in [-0.1, -0.05) is 18.2 Å². The third-order valence-corrected chi connectivity index (χ3v) is 6.53. The van der Waals surface area contributed by atoms with Gasteiger partial charge in [0.1, 0.15) is 0 Å². The van der Waals surface area contributed by atoms with Crippen molar-refractivity contribution >= 4 is 38.9 Å². The van der Waals surface area contributed by atoms with Gasteiger partial charge in [0.25, 0.3) is 5.91 Å². The van der Waals surface area contributed by atoms with Gasteiger partial charge in [-0.05, 0) is 42.5 Å². The first kappa shape index (κ1) is 18.0. The normalized spacial score (nSPS) is 16.2. The number of nitrogens with one attached hydrogen (secondary N) is 1. The molecule has 7 heteroatoms. The summed E-state index contributed by atoms with van der Waals surface area (Å²) in [6, 6.07) is 15.4. The van der Waals surface area contributed by atoms with E-state index in [9.17, 15) is 9.59 Å². The summed E-state index contributed by atoms with van der Waals surface area (Å²) in [7, 11) is 0. The first-order valence-corrected chi connectivity index (χ1v) is 10.5. The average molecular weight is 408 g/mol. The smallest absolute Gasteiger partial charge is 0.263 e. The maximum Gasteiger partial charge on any atom is 0.263 e. The van der Waals surface area contributed by atoms with Crippen LogP contribution in [0.25, 0.3) is 10.1 Å². The molecule has 29 heavy (non-hydrogen) atoms. The largest absolute Gasteiger partial charge is 0.454 e. The molecule has 1 saturated heterocycles. The lowest BCUT2D eigenvalue weighted by Gasteiger charge is -2.31. The van der Waals surface area contributed by atoms with E-state index in [0.717, 1.165) is 15.0 Å². The molecule has 1 fully saturated rings. The number of rotatable bonds is 3. The molecule has 3 heterocycles. The Kier molecular flexibility index (Phi) is 4.60. The van der Waals surface area contributed by atoms with E-state index >= 15 is 0 Å². The molecule has 0 radical (unpaired) electrons. The zero-order valence-corrected chi connectivity index (χ0v) is 16.5.